The Hall–Kier alpha value is -2.03. The Bertz CT molecular complexity index is 730. The lowest BCUT2D eigenvalue weighted by atomic mass is 10.3. The molecule has 0 saturated carbocycles. The average Bonchev–Trinajstić information content (AvgIpc) is 2.93. The van der Waals surface area contributed by atoms with Crippen molar-refractivity contribution in [3.05, 3.63) is 67.8 Å². The number of benzene rings is 1. The molecule has 0 spiro atoms. The maximum atomic E-state index is 12.2. The second-order valence-corrected chi connectivity index (χ2v) is 7.56. The minimum absolute atomic E-state index is 0.00967. The SMILES string of the molecule is C=CCN(CC(=O)Nc1ccc([N+](=O)[O-])cc1)Cc1ccc(Br)s1. The van der Waals surface area contributed by atoms with Crippen molar-refractivity contribution in [1.82, 2.24) is 4.90 Å². The summed E-state index contributed by atoms with van der Waals surface area (Å²) in [5, 5.41) is 13.4. The Kier molecular flexibility index (Phi) is 6.65. The molecule has 0 aliphatic carbocycles. The number of hydrogen-bond donors (Lipinski definition) is 1. The van der Waals surface area contributed by atoms with Crippen LogP contribution in [0.15, 0.2) is 52.8 Å². The molecule has 0 atom stereocenters. The van der Waals surface area contributed by atoms with E-state index < -0.39 is 4.92 Å². The Morgan fingerprint density at radius 3 is 2.58 bits per heavy atom. The topological polar surface area (TPSA) is 75.5 Å². The molecule has 0 fully saturated rings. The van der Waals surface area contributed by atoms with E-state index in [-0.39, 0.29) is 18.1 Å². The molecule has 6 nitrogen and oxygen atoms in total. The van der Waals surface area contributed by atoms with Gasteiger partial charge in [0.15, 0.2) is 0 Å². The quantitative estimate of drug-likeness (QED) is 0.405. The molecule has 2 aromatic rings. The summed E-state index contributed by atoms with van der Waals surface area (Å²) in [6, 6.07) is 9.75. The van der Waals surface area contributed by atoms with E-state index in [0.29, 0.717) is 18.8 Å². The van der Waals surface area contributed by atoms with Gasteiger partial charge in [-0.3, -0.25) is 19.8 Å². The van der Waals surface area contributed by atoms with Crippen LogP contribution in [0.25, 0.3) is 0 Å². The molecule has 8 heteroatoms. The highest BCUT2D eigenvalue weighted by Crippen LogP contribution is 2.23. The van der Waals surface area contributed by atoms with Gasteiger partial charge in [0, 0.05) is 35.8 Å². The summed E-state index contributed by atoms with van der Waals surface area (Å²) in [5.41, 5.74) is 0.521. The summed E-state index contributed by atoms with van der Waals surface area (Å²) in [5.74, 6) is -0.179. The van der Waals surface area contributed by atoms with Crippen molar-refractivity contribution < 1.29 is 9.72 Å². The van der Waals surface area contributed by atoms with Gasteiger partial charge >= 0.3 is 0 Å². The van der Waals surface area contributed by atoms with E-state index in [1.165, 1.54) is 24.3 Å². The fourth-order valence-electron chi connectivity index (χ4n) is 2.09. The highest BCUT2D eigenvalue weighted by atomic mass is 79.9. The Balaban J connectivity index is 1.94. The summed E-state index contributed by atoms with van der Waals surface area (Å²) in [7, 11) is 0. The number of anilines is 1. The molecular formula is C16H16BrN3O3S. The largest absolute Gasteiger partial charge is 0.325 e. The molecule has 0 saturated heterocycles. The number of nitro groups is 1. The Labute approximate surface area is 152 Å². The first-order valence-corrected chi connectivity index (χ1v) is 8.70. The zero-order valence-corrected chi connectivity index (χ0v) is 15.2. The molecule has 1 amide bonds. The van der Waals surface area contributed by atoms with Crippen LogP contribution in [0.5, 0.6) is 0 Å². The Morgan fingerprint density at radius 2 is 2.04 bits per heavy atom. The van der Waals surface area contributed by atoms with E-state index in [4.69, 9.17) is 0 Å². The normalized spacial score (nSPS) is 10.6. The van der Waals surface area contributed by atoms with Crippen LogP contribution < -0.4 is 5.32 Å². The van der Waals surface area contributed by atoms with Gasteiger partial charge in [-0.1, -0.05) is 6.08 Å². The predicted molar refractivity (Wildman–Crippen MR) is 99.2 cm³/mol. The van der Waals surface area contributed by atoms with E-state index in [1.54, 1.807) is 17.4 Å². The van der Waals surface area contributed by atoms with Crippen LogP contribution in [0, 0.1) is 10.1 Å². The fraction of sp³-hybridized carbons (Fsp3) is 0.188. The van der Waals surface area contributed by atoms with Crippen LogP contribution in [-0.2, 0) is 11.3 Å². The number of carbonyl (C=O) groups is 1. The molecule has 0 aliphatic rings. The smallest absolute Gasteiger partial charge is 0.269 e. The molecule has 1 N–H and O–H groups in total. The zero-order chi connectivity index (χ0) is 17.5. The lowest BCUT2D eigenvalue weighted by Crippen LogP contribution is -2.32. The van der Waals surface area contributed by atoms with Crippen molar-refractivity contribution >= 4 is 44.5 Å². The van der Waals surface area contributed by atoms with Crippen molar-refractivity contribution in [1.29, 1.82) is 0 Å². The van der Waals surface area contributed by atoms with Crippen molar-refractivity contribution in [2.24, 2.45) is 0 Å². The molecule has 1 heterocycles. The van der Waals surface area contributed by atoms with Gasteiger partial charge in [-0.15, -0.1) is 17.9 Å². The predicted octanol–water partition coefficient (Wildman–Crippen LogP) is 4.05. The third kappa shape index (κ3) is 5.55. The number of nitro benzene ring substituents is 1. The Morgan fingerprint density at radius 1 is 1.33 bits per heavy atom. The minimum atomic E-state index is -0.476. The molecular weight excluding hydrogens is 394 g/mol. The molecule has 0 bridgehead atoms. The van der Waals surface area contributed by atoms with Crippen LogP contribution in [-0.4, -0.2) is 28.8 Å². The van der Waals surface area contributed by atoms with Crippen molar-refractivity contribution in [3.8, 4) is 0 Å². The van der Waals surface area contributed by atoms with Crippen LogP contribution in [0.1, 0.15) is 4.88 Å². The number of carbonyl (C=O) groups excluding carboxylic acids is 1. The minimum Gasteiger partial charge on any atom is -0.325 e. The lowest BCUT2D eigenvalue weighted by Gasteiger charge is -2.19. The van der Waals surface area contributed by atoms with E-state index in [0.717, 1.165) is 8.66 Å². The summed E-state index contributed by atoms with van der Waals surface area (Å²) in [4.78, 5) is 25.4. The van der Waals surface area contributed by atoms with Crippen LogP contribution in [0.4, 0.5) is 11.4 Å². The summed E-state index contributed by atoms with van der Waals surface area (Å²) < 4.78 is 1.05. The number of non-ortho nitro benzene ring substituents is 1. The van der Waals surface area contributed by atoms with Crippen LogP contribution in [0.2, 0.25) is 0 Å². The van der Waals surface area contributed by atoms with Gasteiger partial charge in [-0.05, 0) is 40.2 Å². The summed E-state index contributed by atoms with van der Waals surface area (Å²) >= 11 is 5.05. The zero-order valence-electron chi connectivity index (χ0n) is 12.8. The maximum Gasteiger partial charge on any atom is 0.269 e. The third-order valence-electron chi connectivity index (χ3n) is 3.12. The van der Waals surface area contributed by atoms with E-state index in [2.05, 4.69) is 27.8 Å². The van der Waals surface area contributed by atoms with Gasteiger partial charge in [0.25, 0.3) is 5.69 Å². The van der Waals surface area contributed by atoms with Crippen LogP contribution >= 0.6 is 27.3 Å². The highest BCUT2D eigenvalue weighted by Gasteiger charge is 2.12. The number of halogens is 1. The fourth-order valence-corrected chi connectivity index (χ4v) is 3.62. The molecule has 2 rings (SSSR count). The van der Waals surface area contributed by atoms with Crippen molar-refractivity contribution in [2.45, 2.75) is 6.54 Å². The standard InChI is InChI=1S/C16H16BrN3O3S/c1-2-9-19(10-14-7-8-15(17)24-14)11-16(21)18-12-3-5-13(6-4-12)20(22)23/h2-8H,1,9-11H2,(H,18,21). The van der Waals surface area contributed by atoms with Gasteiger partial charge in [0.05, 0.1) is 15.3 Å². The van der Waals surface area contributed by atoms with Crippen molar-refractivity contribution in [3.63, 3.8) is 0 Å². The molecule has 0 aliphatic heterocycles. The average molecular weight is 410 g/mol. The van der Waals surface area contributed by atoms with Crippen LogP contribution in [0.3, 0.4) is 0 Å². The number of rotatable bonds is 8. The summed E-state index contributed by atoms with van der Waals surface area (Å²) in [6.07, 6.45) is 1.75. The van der Waals surface area contributed by atoms with Gasteiger partial charge in [-0.25, -0.2) is 0 Å². The second kappa shape index (κ2) is 8.72. The summed E-state index contributed by atoms with van der Waals surface area (Å²) in [6.45, 7) is 5.16. The van der Waals surface area contributed by atoms with E-state index in [9.17, 15) is 14.9 Å². The van der Waals surface area contributed by atoms with Gasteiger partial charge in [0.1, 0.15) is 0 Å². The van der Waals surface area contributed by atoms with Gasteiger partial charge < -0.3 is 5.32 Å². The first-order valence-electron chi connectivity index (χ1n) is 7.09. The molecule has 24 heavy (non-hydrogen) atoms. The first-order chi connectivity index (χ1) is 11.5. The highest BCUT2D eigenvalue weighted by molar-refractivity contribution is 9.11. The second-order valence-electron chi connectivity index (χ2n) is 5.02. The molecule has 0 radical (unpaired) electrons. The molecule has 0 unspecified atom stereocenters. The van der Waals surface area contributed by atoms with Gasteiger partial charge in [-0.2, -0.15) is 0 Å². The monoisotopic (exact) mass is 409 g/mol. The third-order valence-corrected chi connectivity index (χ3v) is 4.73. The number of hydrogen-bond acceptors (Lipinski definition) is 5. The van der Waals surface area contributed by atoms with Gasteiger partial charge in [0.2, 0.25) is 5.91 Å². The van der Waals surface area contributed by atoms with E-state index >= 15 is 0 Å². The van der Waals surface area contributed by atoms with E-state index in [1.807, 2.05) is 17.0 Å². The number of amides is 1. The molecule has 1 aromatic carbocycles. The molecule has 1 aromatic heterocycles. The lowest BCUT2D eigenvalue weighted by molar-refractivity contribution is -0.384. The maximum absolute atomic E-state index is 12.2. The van der Waals surface area contributed by atoms with Crippen molar-refractivity contribution in [2.75, 3.05) is 18.4 Å². The number of nitrogens with one attached hydrogen (secondary N) is 1. The first kappa shape index (κ1) is 18.3. The number of nitrogens with zero attached hydrogens (tertiary/aromatic N) is 2. The molecule has 126 valence electrons. The number of thiophene rings is 1.